The first-order valence-electron chi connectivity index (χ1n) is 5.69. The molecule has 0 bridgehead atoms. The summed E-state index contributed by atoms with van der Waals surface area (Å²) in [6.07, 6.45) is 1.87. The number of rotatable bonds is 0. The van der Waals surface area contributed by atoms with Crippen LogP contribution in [-0.2, 0) is 4.79 Å². The highest BCUT2D eigenvalue weighted by molar-refractivity contribution is 6.37. The van der Waals surface area contributed by atoms with Gasteiger partial charge in [-0.3, -0.25) is 9.59 Å². The summed E-state index contributed by atoms with van der Waals surface area (Å²) >= 11 is 6.13. The number of carbonyl (C=O) groups is 2. The van der Waals surface area contributed by atoms with Crippen molar-refractivity contribution < 1.29 is 9.59 Å². The van der Waals surface area contributed by atoms with Crippen molar-refractivity contribution in [2.45, 2.75) is 24.8 Å². The second kappa shape index (κ2) is 3.33. The number of likely N-dealkylation sites (N-methyl/N-ethyl adjacent to an activating group) is 1. The van der Waals surface area contributed by atoms with Gasteiger partial charge >= 0.3 is 0 Å². The van der Waals surface area contributed by atoms with Crippen molar-refractivity contribution in [3.8, 4) is 0 Å². The van der Waals surface area contributed by atoms with Crippen LogP contribution < -0.4 is 4.90 Å². The van der Waals surface area contributed by atoms with Gasteiger partial charge < -0.3 is 4.90 Å². The molecule has 3 nitrogen and oxygen atoms in total. The van der Waals surface area contributed by atoms with Crippen LogP contribution >= 0.6 is 11.6 Å². The lowest BCUT2D eigenvalue weighted by atomic mass is 9.90. The summed E-state index contributed by atoms with van der Waals surface area (Å²) < 4.78 is 0. The summed E-state index contributed by atoms with van der Waals surface area (Å²) in [6, 6.07) is 5.26. The van der Waals surface area contributed by atoms with Crippen molar-refractivity contribution in [3.05, 3.63) is 28.8 Å². The van der Waals surface area contributed by atoms with Gasteiger partial charge in [-0.1, -0.05) is 17.7 Å². The van der Waals surface area contributed by atoms with Crippen LogP contribution in [0.15, 0.2) is 18.2 Å². The molecule has 1 aromatic rings. The fourth-order valence-corrected chi connectivity index (χ4v) is 3.35. The quantitative estimate of drug-likeness (QED) is 0.663. The van der Waals surface area contributed by atoms with Gasteiger partial charge in [0, 0.05) is 19.0 Å². The third-order valence-corrected chi connectivity index (χ3v) is 4.22. The first-order chi connectivity index (χ1) is 8.09. The van der Waals surface area contributed by atoms with Crippen LogP contribution in [0.1, 0.15) is 29.6 Å². The molecule has 2 aliphatic rings. The van der Waals surface area contributed by atoms with E-state index in [1.165, 1.54) is 0 Å². The topological polar surface area (TPSA) is 37.4 Å². The van der Waals surface area contributed by atoms with E-state index in [0.717, 1.165) is 6.42 Å². The SMILES string of the molecule is CN1c2c(Cl)cccc2C(=O)C12CCCC2=O. The standard InChI is InChI=1S/C13H12ClNO2/c1-15-11-8(4-2-5-9(11)14)12(17)13(15)7-3-6-10(13)16/h2,4-5H,3,6-7H2,1H3. The molecule has 0 saturated heterocycles. The molecule has 1 aliphatic carbocycles. The minimum absolute atomic E-state index is 0.0252. The molecule has 1 saturated carbocycles. The van der Waals surface area contributed by atoms with Crippen molar-refractivity contribution in [1.29, 1.82) is 0 Å². The summed E-state index contributed by atoms with van der Waals surface area (Å²) in [5.74, 6) is -0.0581. The predicted octanol–water partition coefficient (Wildman–Crippen LogP) is 2.46. The first-order valence-corrected chi connectivity index (χ1v) is 6.07. The fourth-order valence-electron chi connectivity index (χ4n) is 3.05. The van der Waals surface area contributed by atoms with E-state index in [0.29, 0.717) is 29.1 Å². The van der Waals surface area contributed by atoms with Crippen molar-refractivity contribution in [2.75, 3.05) is 11.9 Å². The number of anilines is 1. The van der Waals surface area contributed by atoms with Gasteiger partial charge in [0.25, 0.3) is 0 Å². The molecule has 1 spiro atoms. The highest BCUT2D eigenvalue weighted by Gasteiger charge is 2.57. The molecule has 88 valence electrons. The molecule has 17 heavy (non-hydrogen) atoms. The zero-order valence-corrected chi connectivity index (χ0v) is 10.3. The van der Waals surface area contributed by atoms with Gasteiger partial charge in [0.15, 0.2) is 17.1 Å². The Bertz CT molecular complexity index is 540. The minimum Gasteiger partial charge on any atom is -0.354 e. The maximum absolute atomic E-state index is 12.5. The first kappa shape index (κ1) is 10.8. The molecule has 1 aromatic carbocycles. The van der Waals surface area contributed by atoms with E-state index < -0.39 is 5.54 Å². The second-order valence-corrected chi connectivity index (χ2v) is 5.07. The molecular formula is C13H12ClNO2. The largest absolute Gasteiger partial charge is 0.354 e. The van der Waals surface area contributed by atoms with Gasteiger partial charge in [-0.25, -0.2) is 0 Å². The number of benzene rings is 1. The van der Waals surface area contributed by atoms with Gasteiger partial charge in [0.2, 0.25) is 0 Å². The van der Waals surface area contributed by atoms with Crippen LogP contribution in [0.4, 0.5) is 5.69 Å². The molecule has 0 radical (unpaired) electrons. The number of hydrogen-bond acceptors (Lipinski definition) is 3. The Morgan fingerprint density at radius 1 is 1.35 bits per heavy atom. The van der Waals surface area contributed by atoms with Crippen LogP contribution in [0.25, 0.3) is 0 Å². The van der Waals surface area contributed by atoms with E-state index in [-0.39, 0.29) is 11.6 Å². The smallest absolute Gasteiger partial charge is 0.198 e. The lowest BCUT2D eigenvalue weighted by Gasteiger charge is -2.30. The van der Waals surface area contributed by atoms with Gasteiger partial charge in [-0.05, 0) is 25.0 Å². The number of fused-ring (bicyclic) bond motifs is 1. The molecule has 1 fully saturated rings. The monoisotopic (exact) mass is 249 g/mol. The third-order valence-electron chi connectivity index (χ3n) is 3.92. The molecule has 3 rings (SSSR count). The maximum atomic E-state index is 12.5. The molecule has 1 atom stereocenters. The van der Waals surface area contributed by atoms with Crippen molar-refractivity contribution >= 4 is 28.9 Å². The van der Waals surface area contributed by atoms with E-state index >= 15 is 0 Å². The normalized spacial score (nSPS) is 27.1. The Kier molecular flexibility index (Phi) is 2.11. The Morgan fingerprint density at radius 2 is 2.12 bits per heavy atom. The van der Waals surface area contributed by atoms with Crippen molar-refractivity contribution in [3.63, 3.8) is 0 Å². The molecule has 1 aliphatic heterocycles. The van der Waals surface area contributed by atoms with Crippen molar-refractivity contribution in [2.24, 2.45) is 0 Å². The Morgan fingerprint density at radius 3 is 2.71 bits per heavy atom. The zero-order valence-electron chi connectivity index (χ0n) is 9.50. The summed E-state index contributed by atoms with van der Waals surface area (Å²) in [7, 11) is 1.79. The van der Waals surface area contributed by atoms with E-state index in [9.17, 15) is 9.59 Å². The van der Waals surface area contributed by atoms with Crippen LogP contribution in [0.5, 0.6) is 0 Å². The number of carbonyl (C=O) groups excluding carboxylic acids is 2. The third kappa shape index (κ3) is 1.12. The molecule has 1 unspecified atom stereocenters. The van der Waals surface area contributed by atoms with Crippen LogP contribution in [-0.4, -0.2) is 24.2 Å². The Hall–Kier alpha value is -1.35. The van der Waals surface area contributed by atoms with Gasteiger partial charge in [-0.15, -0.1) is 0 Å². The van der Waals surface area contributed by atoms with E-state index in [1.54, 1.807) is 30.1 Å². The van der Waals surface area contributed by atoms with Gasteiger partial charge in [0.05, 0.1) is 10.7 Å². The fraction of sp³-hybridized carbons (Fsp3) is 0.385. The van der Waals surface area contributed by atoms with Crippen LogP contribution in [0.3, 0.4) is 0 Å². The van der Waals surface area contributed by atoms with E-state index in [1.807, 2.05) is 0 Å². The highest BCUT2D eigenvalue weighted by atomic mass is 35.5. The lowest BCUT2D eigenvalue weighted by Crippen LogP contribution is -2.52. The molecule has 1 heterocycles. The minimum atomic E-state index is -0.965. The number of nitrogens with zero attached hydrogens (tertiary/aromatic N) is 1. The predicted molar refractivity (Wildman–Crippen MR) is 65.8 cm³/mol. The number of halogens is 1. The second-order valence-electron chi connectivity index (χ2n) is 4.66. The number of Topliss-reactive ketones (excluding diaryl/α,β-unsaturated/α-hetero) is 2. The van der Waals surface area contributed by atoms with Crippen LogP contribution in [0.2, 0.25) is 5.02 Å². The molecule has 0 N–H and O–H groups in total. The molecule has 4 heteroatoms. The molecular weight excluding hydrogens is 238 g/mol. The van der Waals surface area contributed by atoms with E-state index in [2.05, 4.69) is 0 Å². The zero-order chi connectivity index (χ0) is 12.2. The number of hydrogen-bond donors (Lipinski definition) is 0. The summed E-state index contributed by atoms with van der Waals surface area (Å²) in [4.78, 5) is 26.3. The maximum Gasteiger partial charge on any atom is 0.198 e. The van der Waals surface area contributed by atoms with Gasteiger partial charge in [-0.2, -0.15) is 0 Å². The highest BCUT2D eigenvalue weighted by Crippen LogP contribution is 2.47. The lowest BCUT2D eigenvalue weighted by molar-refractivity contribution is -0.120. The van der Waals surface area contributed by atoms with E-state index in [4.69, 9.17) is 11.6 Å². The summed E-state index contributed by atoms with van der Waals surface area (Å²) in [6.45, 7) is 0. The van der Waals surface area contributed by atoms with Crippen LogP contribution in [0, 0.1) is 0 Å². The molecule has 0 amide bonds. The summed E-state index contributed by atoms with van der Waals surface area (Å²) in [5, 5.41) is 0.537. The van der Waals surface area contributed by atoms with Crippen molar-refractivity contribution in [1.82, 2.24) is 0 Å². The number of ketones is 2. The number of para-hydroxylation sites is 1. The molecule has 0 aromatic heterocycles. The Balaban J connectivity index is 2.25. The van der Waals surface area contributed by atoms with Gasteiger partial charge in [0.1, 0.15) is 0 Å². The Labute approximate surface area is 104 Å². The average Bonchev–Trinajstić information content (AvgIpc) is 2.78. The average molecular weight is 250 g/mol. The summed E-state index contributed by atoms with van der Waals surface area (Å²) in [5.41, 5.74) is 0.317.